The highest BCUT2D eigenvalue weighted by molar-refractivity contribution is 7.98. The van der Waals surface area contributed by atoms with Gasteiger partial charge in [-0.05, 0) is 48.7 Å². The molecule has 1 atom stereocenters. The Morgan fingerprint density at radius 3 is 2.29 bits per heavy atom. The quantitative estimate of drug-likeness (QED) is 0.381. The van der Waals surface area contributed by atoms with E-state index in [4.69, 9.17) is 4.52 Å². The van der Waals surface area contributed by atoms with Crippen molar-refractivity contribution in [2.75, 3.05) is 0 Å². The molecule has 4 rings (SSSR count). The third kappa shape index (κ3) is 5.83. The Morgan fingerprint density at radius 1 is 0.968 bits per heavy atom. The van der Waals surface area contributed by atoms with Crippen LogP contribution >= 0.6 is 11.8 Å². The molecular formula is C25H23N3O2S. The number of nitrogens with zero attached hydrogens (tertiary/aromatic N) is 2. The second-order valence-electron chi connectivity index (χ2n) is 7.17. The lowest BCUT2D eigenvalue weighted by Crippen LogP contribution is -2.30. The van der Waals surface area contributed by atoms with Gasteiger partial charge in [0.15, 0.2) is 5.82 Å². The van der Waals surface area contributed by atoms with Crippen molar-refractivity contribution in [2.24, 2.45) is 0 Å². The van der Waals surface area contributed by atoms with Crippen molar-refractivity contribution in [3.63, 3.8) is 0 Å². The number of amides is 1. The van der Waals surface area contributed by atoms with Gasteiger partial charge in [-0.2, -0.15) is 4.98 Å². The van der Waals surface area contributed by atoms with Crippen LogP contribution in [0.4, 0.5) is 0 Å². The Hall–Kier alpha value is -3.38. The van der Waals surface area contributed by atoms with Crippen molar-refractivity contribution < 1.29 is 9.32 Å². The van der Waals surface area contributed by atoms with Gasteiger partial charge in [0.2, 0.25) is 5.89 Å². The lowest BCUT2D eigenvalue weighted by molar-refractivity contribution is 0.0936. The van der Waals surface area contributed by atoms with E-state index in [0.717, 1.165) is 16.9 Å². The molecule has 1 heterocycles. The second kappa shape index (κ2) is 10.1. The van der Waals surface area contributed by atoms with E-state index in [2.05, 4.69) is 27.6 Å². The average Bonchev–Trinajstić information content (AvgIpc) is 3.24. The van der Waals surface area contributed by atoms with Gasteiger partial charge in [0.25, 0.3) is 5.91 Å². The fourth-order valence-corrected chi connectivity index (χ4v) is 4.01. The summed E-state index contributed by atoms with van der Waals surface area (Å²) in [7, 11) is 0. The molecule has 0 aliphatic rings. The zero-order chi connectivity index (χ0) is 21.5. The van der Waals surface area contributed by atoms with Crippen molar-refractivity contribution in [1.29, 1.82) is 0 Å². The zero-order valence-electron chi connectivity index (χ0n) is 17.2. The zero-order valence-corrected chi connectivity index (χ0v) is 18.0. The monoisotopic (exact) mass is 429 g/mol. The van der Waals surface area contributed by atoms with Gasteiger partial charge in [0.05, 0.1) is 11.8 Å². The Balaban J connectivity index is 1.42. The third-order valence-corrected chi connectivity index (χ3v) is 5.84. The van der Waals surface area contributed by atoms with Gasteiger partial charge < -0.3 is 9.84 Å². The smallest absolute Gasteiger partial charge is 0.251 e. The molecule has 0 aliphatic heterocycles. The Labute approximate surface area is 185 Å². The van der Waals surface area contributed by atoms with Gasteiger partial charge in [-0.25, -0.2) is 0 Å². The number of thioether (sulfide) groups is 1. The molecule has 0 aliphatic carbocycles. The molecule has 0 unspecified atom stereocenters. The summed E-state index contributed by atoms with van der Waals surface area (Å²) in [4.78, 5) is 18.2. The van der Waals surface area contributed by atoms with Gasteiger partial charge in [0, 0.05) is 10.5 Å². The maximum Gasteiger partial charge on any atom is 0.251 e. The first-order valence-electron chi connectivity index (χ1n) is 10.1. The Bertz CT molecular complexity index is 1110. The molecule has 0 radical (unpaired) electrons. The average molecular weight is 430 g/mol. The van der Waals surface area contributed by atoms with Crippen LogP contribution in [-0.2, 0) is 12.2 Å². The van der Waals surface area contributed by atoms with Crippen molar-refractivity contribution >= 4 is 17.7 Å². The van der Waals surface area contributed by atoms with Crippen LogP contribution in [0.5, 0.6) is 0 Å². The molecular weight excluding hydrogens is 406 g/mol. The minimum absolute atomic E-state index is 0.0890. The van der Waals surface area contributed by atoms with E-state index in [1.54, 1.807) is 18.7 Å². The Kier molecular flexibility index (Phi) is 6.79. The summed E-state index contributed by atoms with van der Waals surface area (Å²) in [6, 6.07) is 27.7. The lowest BCUT2D eigenvalue weighted by Gasteiger charge is -2.20. The number of carbonyl (C=O) groups excluding carboxylic acids is 1. The lowest BCUT2D eigenvalue weighted by atomic mass is 9.98. The fraction of sp³-hybridized carbons (Fsp3) is 0.160. The largest absolute Gasteiger partial charge is 0.345 e. The molecule has 0 saturated carbocycles. The minimum atomic E-state index is -0.106. The van der Waals surface area contributed by atoms with E-state index in [-0.39, 0.29) is 11.9 Å². The molecule has 3 aromatic carbocycles. The molecule has 0 saturated heterocycles. The van der Waals surface area contributed by atoms with Crippen LogP contribution < -0.4 is 5.32 Å². The first-order chi connectivity index (χ1) is 15.2. The van der Waals surface area contributed by atoms with E-state index in [1.807, 2.05) is 72.8 Å². The molecule has 156 valence electrons. The second-order valence-corrected chi connectivity index (χ2v) is 8.22. The normalized spacial score (nSPS) is 11.8. The number of aryl methyl sites for hydroxylation is 1. The number of carbonyl (C=O) groups is 1. The number of hydrogen-bond donors (Lipinski definition) is 1. The van der Waals surface area contributed by atoms with Gasteiger partial charge >= 0.3 is 0 Å². The van der Waals surface area contributed by atoms with Crippen molar-refractivity contribution in [3.8, 4) is 0 Å². The third-order valence-electron chi connectivity index (χ3n) is 4.84. The van der Waals surface area contributed by atoms with Crippen LogP contribution in [0.1, 0.15) is 39.2 Å². The van der Waals surface area contributed by atoms with E-state index in [0.29, 0.717) is 23.0 Å². The summed E-state index contributed by atoms with van der Waals surface area (Å²) in [5.74, 6) is 1.73. The summed E-state index contributed by atoms with van der Waals surface area (Å²) >= 11 is 1.59. The van der Waals surface area contributed by atoms with Gasteiger partial charge in [0.1, 0.15) is 0 Å². The maximum atomic E-state index is 13.0. The number of benzene rings is 3. The van der Waals surface area contributed by atoms with Crippen LogP contribution in [0.15, 0.2) is 94.3 Å². The summed E-state index contributed by atoms with van der Waals surface area (Å²) < 4.78 is 5.14. The number of hydrogen-bond acceptors (Lipinski definition) is 5. The van der Waals surface area contributed by atoms with Crippen LogP contribution in [0, 0.1) is 6.92 Å². The molecule has 1 aromatic heterocycles. The highest BCUT2D eigenvalue weighted by Crippen LogP contribution is 2.23. The molecule has 4 aromatic rings. The molecule has 0 spiro atoms. The molecule has 6 heteroatoms. The van der Waals surface area contributed by atoms with Gasteiger partial charge in [-0.3, -0.25) is 4.79 Å². The van der Waals surface area contributed by atoms with E-state index in [1.165, 1.54) is 5.56 Å². The summed E-state index contributed by atoms with van der Waals surface area (Å²) in [5, 5.41) is 7.00. The first-order valence-corrected chi connectivity index (χ1v) is 11.1. The van der Waals surface area contributed by atoms with Crippen LogP contribution in [0.3, 0.4) is 0 Å². The SMILES string of the molecule is Cc1noc(CSc2ccc(C(=O)N[C@H](Cc3ccccc3)c3ccccc3)cc2)n1. The van der Waals surface area contributed by atoms with Crippen LogP contribution in [-0.4, -0.2) is 16.0 Å². The maximum absolute atomic E-state index is 13.0. The van der Waals surface area contributed by atoms with Crippen molar-refractivity contribution in [2.45, 2.75) is 30.0 Å². The predicted octanol–water partition coefficient (Wildman–Crippen LogP) is 5.38. The highest BCUT2D eigenvalue weighted by Gasteiger charge is 2.16. The molecule has 5 nitrogen and oxygen atoms in total. The molecule has 0 bridgehead atoms. The van der Waals surface area contributed by atoms with Gasteiger partial charge in [-0.1, -0.05) is 65.8 Å². The van der Waals surface area contributed by atoms with E-state index < -0.39 is 0 Å². The van der Waals surface area contributed by atoms with Crippen molar-refractivity contribution in [1.82, 2.24) is 15.5 Å². The summed E-state index contributed by atoms with van der Waals surface area (Å²) in [5.41, 5.74) is 2.90. The van der Waals surface area contributed by atoms with Crippen LogP contribution in [0.2, 0.25) is 0 Å². The Morgan fingerprint density at radius 2 is 1.65 bits per heavy atom. The minimum Gasteiger partial charge on any atom is -0.345 e. The van der Waals surface area contributed by atoms with Gasteiger partial charge in [-0.15, -0.1) is 11.8 Å². The molecule has 0 fully saturated rings. The van der Waals surface area contributed by atoms with Crippen LogP contribution in [0.25, 0.3) is 0 Å². The number of rotatable bonds is 8. The number of aromatic nitrogens is 2. The van der Waals surface area contributed by atoms with E-state index in [9.17, 15) is 4.79 Å². The topological polar surface area (TPSA) is 68.0 Å². The molecule has 1 N–H and O–H groups in total. The molecule has 1 amide bonds. The predicted molar refractivity (Wildman–Crippen MR) is 122 cm³/mol. The number of nitrogens with one attached hydrogen (secondary N) is 1. The fourth-order valence-electron chi connectivity index (χ4n) is 3.28. The van der Waals surface area contributed by atoms with Crippen molar-refractivity contribution in [3.05, 3.63) is 113 Å². The first kappa shape index (κ1) is 20.9. The highest BCUT2D eigenvalue weighted by atomic mass is 32.2. The molecule has 31 heavy (non-hydrogen) atoms. The summed E-state index contributed by atoms with van der Waals surface area (Å²) in [6.07, 6.45) is 0.730. The standard InChI is InChI=1S/C25H23N3O2S/c1-18-26-24(30-28-18)17-31-22-14-12-21(13-15-22)25(29)27-23(20-10-6-3-7-11-20)16-19-8-4-2-5-9-19/h2-15,23H,16-17H2,1H3,(H,27,29)/t23-/m1/s1. The summed E-state index contributed by atoms with van der Waals surface area (Å²) in [6.45, 7) is 1.80. The van der Waals surface area contributed by atoms with E-state index >= 15 is 0 Å².